The van der Waals surface area contributed by atoms with Gasteiger partial charge in [-0.25, -0.2) is 9.18 Å². The summed E-state index contributed by atoms with van der Waals surface area (Å²) in [5.41, 5.74) is 0.126. The van der Waals surface area contributed by atoms with Gasteiger partial charge in [-0.3, -0.25) is 0 Å². The lowest BCUT2D eigenvalue weighted by atomic mass is 10.0. The fourth-order valence-corrected chi connectivity index (χ4v) is 1.30. The largest absolute Gasteiger partial charge is 0.465 e. The quantitative estimate of drug-likeness (QED) is 0.575. The van der Waals surface area contributed by atoms with E-state index in [1.807, 2.05) is 0 Å². The van der Waals surface area contributed by atoms with Gasteiger partial charge in [-0.2, -0.15) is 5.26 Å². The van der Waals surface area contributed by atoms with E-state index >= 15 is 0 Å². The lowest BCUT2D eigenvalue weighted by molar-refractivity contribution is 0.0600. The molecule has 0 unspecified atom stereocenters. The molecule has 0 saturated carbocycles. The third-order valence-corrected chi connectivity index (χ3v) is 2.14. The topological polar surface area (TPSA) is 50.1 Å². The molecule has 1 aromatic rings. The molecule has 0 spiro atoms. The Labute approximate surface area is 91.0 Å². The Bertz CT molecular complexity index is 440. The van der Waals surface area contributed by atoms with Gasteiger partial charge in [0.25, 0.3) is 0 Å². The number of methoxy groups -OCH3 is 1. The highest BCUT2D eigenvalue weighted by Gasteiger charge is 2.15. The number of hydrogen-bond acceptors (Lipinski definition) is 3. The monoisotopic (exact) mass is 227 g/mol. The van der Waals surface area contributed by atoms with Crippen LogP contribution in [0.1, 0.15) is 21.5 Å². The number of benzene rings is 1. The maximum absolute atomic E-state index is 13.2. The van der Waals surface area contributed by atoms with Crippen LogP contribution in [0.3, 0.4) is 0 Å². The van der Waals surface area contributed by atoms with Gasteiger partial charge in [-0.15, -0.1) is 11.6 Å². The molecule has 0 saturated heterocycles. The summed E-state index contributed by atoms with van der Waals surface area (Å²) in [7, 11) is 1.19. The third-order valence-electron chi connectivity index (χ3n) is 1.86. The highest BCUT2D eigenvalue weighted by atomic mass is 35.5. The van der Waals surface area contributed by atoms with Crippen LogP contribution in [0.4, 0.5) is 4.39 Å². The predicted molar refractivity (Wildman–Crippen MR) is 52.0 cm³/mol. The van der Waals surface area contributed by atoms with Crippen LogP contribution in [0.5, 0.6) is 0 Å². The molecule has 0 aliphatic carbocycles. The van der Waals surface area contributed by atoms with Gasteiger partial charge in [0.05, 0.1) is 24.1 Å². The van der Waals surface area contributed by atoms with Crippen LogP contribution in [0, 0.1) is 17.1 Å². The fraction of sp³-hybridized carbons (Fsp3) is 0.200. The molecule has 0 aliphatic heterocycles. The number of carbonyl (C=O) groups is 1. The molecule has 78 valence electrons. The molecule has 5 heteroatoms. The number of esters is 1. The maximum Gasteiger partial charge on any atom is 0.339 e. The van der Waals surface area contributed by atoms with Crippen molar-refractivity contribution in [2.45, 2.75) is 5.88 Å². The summed E-state index contributed by atoms with van der Waals surface area (Å²) in [6, 6.07) is 3.92. The fourth-order valence-electron chi connectivity index (χ4n) is 1.09. The molecule has 0 fully saturated rings. The molecular weight excluding hydrogens is 221 g/mol. The second-order valence-corrected chi connectivity index (χ2v) is 2.99. The minimum Gasteiger partial charge on any atom is -0.465 e. The zero-order valence-corrected chi connectivity index (χ0v) is 8.64. The van der Waals surface area contributed by atoms with E-state index in [0.717, 1.165) is 6.07 Å². The standard InChI is InChI=1S/C10H7ClFNO2/c1-15-10(14)8-2-6(4-11)9(12)3-7(8)5-13/h2-3H,4H2,1H3. The number of alkyl halides is 1. The molecular formula is C10H7ClFNO2. The minimum atomic E-state index is -0.682. The first-order valence-corrected chi connectivity index (χ1v) is 4.54. The van der Waals surface area contributed by atoms with Crippen molar-refractivity contribution in [1.82, 2.24) is 0 Å². The minimum absolute atomic E-state index is 0.0250. The maximum atomic E-state index is 13.2. The van der Waals surface area contributed by atoms with Crippen LogP contribution < -0.4 is 0 Å². The highest BCUT2D eigenvalue weighted by Crippen LogP contribution is 2.18. The van der Waals surface area contributed by atoms with Crippen molar-refractivity contribution in [3.63, 3.8) is 0 Å². The molecule has 15 heavy (non-hydrogen) atoms. The molecule has 0 aliphatic rings. The molecule has 0 amide bonds. The average molecular weight is 228 g/mol. The molecule has 0 heterocycles. The van der Waals surface area contributed by atoms with Gasteiger partial charge >= 0.3 is 5.97 Å². The Kier molecular flexibility index (Phi) is 3.64. The molecule has 1 aromatic carbocycles. The van der Waals surface area contributed by atoms with Crippen molar-refractivity contribution < 1.29 is 13.9 Å². The van der Waals surface area contributed by atoms with E-state index in [2.05, 4.69) is 4.74 Å². The molecule has 1 rings (SSSR count). The number of nitrogens with zero attached hydrogens (tertiary/aromatic N) is 1. The van der Waals surface area contributed by atoms with Crippen LogP contribution in [0.15, 0.2) is 12.1 Å². The summed E-state index contributed by atoms with van der Waals surface area (Å²) >= 11 is 5.47. The number of ether oxygens (including phenoxy) is 1. The van der Waals surface area contributed by atoms with E-state index in [-0.39, 0.29) is 22.6 Å². The van der Waals surface area contributed by atoms with Crippen molar-refractivity contribution in [2.75, 3.05) is 7.11 Å². The van der Waals surface area contributed by atoms with Crippen LogP contribution in [0.2, 0.25) is 0 Å². The first-order valence-electron chi connectivity index (χ1n) is 4.00. The lowest BCUT2D eigenvalue weighted by Crippen LogP contribution is -2.06. The average Bonchev–Trinajstić information content (AvgIpc) is 2.27. The summed E-state index contributed by atoms with van der Waals surface area (Å²) in [5, 5.41) is 8.69. The van der Waals surface area contributed by atoms with Gasteiger partial charge in [0.2, 0.25) is 0 Å². The van der Waals surface area contributed by atoms with Crippen LogP contribution in [-0.4, -0.2) is 13.1 Å². The second-order valence-electron chi connectivity index (χ2n) is 2.73. The Balaban J connectivity index is 3.37. The Hall–Kier alpha value is -1.60. The van der Waals surface area contributed by atoms with Crippen molar-refractivity contribution in [3.8, 4) is 6.07 Å². The van der Waals surface area contributed by atoms with Gasteiger partial charge in [-0.05, 0) is 12.1 Å². The van der Waals surface area contributed by atoms with Gasteiger partial charge in [-0.1, -0.05) is 0 Å². The zero-order valence-electron chi connectivity index (χ0n) is 7.88. The van der Waals surface area contributed by atoms with Gasteiger partial charge in [0.15, 0.2) is 0 Å². The normalized spacial score (nSPS) is 9.47. The second kappa shape index (κ2) is 4.76. The smallest absolute Gasteiger partial charge is 0.339 e. The number of hydrogen-bond donors (Lipinski definition) is 0. The Morgan fingerprint density at radius 3 is 2.80 bits per heavy atom. The first kappa shape index (κ1) is 11.5. The molecule has 0 radical (unpaired) electrons. The molecule has 0 atom stereocenters. The van der Waals surface area contributed by atoms with E-state index in [9.17, 15) is 9.18 Å². The summed E-state index contributed by atoms with van der Waals surface area (Å²) in [4.78, 5) is 11.2. The zero-order chi connectivity index (χ0) is 11.4. The summed E-state index contributed by atoms with van der Waals surface area (Å²) in [6.45, 7) is 0. The number of carbonyl (C=O) groups excluding carboxylic acids is 1. The van der Waals surface area contributed by atoms with E-state index in [1.165, 1.54) is 13.2 Å². The number of nitriles is 1. The Morgan fingerprint density at radius 1 is 1.67 bits per heavy atom. The number of rotatable bonds is 2. The van der Waals surface area contributed by atoms with E-state index in [0.29, 0.717) is 0 Å². The van der Waals surface area contributed by atoms with Crippen LogP contribution in [-0.2, 0) is 10.6 Å². The van der Waals surface area contributed by atoms with Crippen molar-refractivity contribution >= 4 is 17.6 Å². The van der Waals surface area contributed by atoms with E-state index in [1.54, 1.807) is 6.07 Å². The van der Waals surface area contributed by atoms with Gasteiger partial charge in [0, 0.05) is 5.56 Å². The third kappa shape index (κ3) is 2.25. The van der Waals surface area contributed by atoms with Crippen molar-refractivity contribution in [3.05, 3.63) is 34.6 Å². The molecule has 0 aromatic heterocycles. The van der Waals surface area contributed by atoms with Gasteiger partial charge < -0.3 is 4.74 Å². The predicted octanol–water partition coefficient (Wildman–Crippen LogP) is 2.22. The van der Waals surface area contributed by atoms with Gasteiger partial charge in [0.1, 0.15) is 11.9 Å². The first-order chi connectivity index (χ1) is 7.13. The molecule has 0 N–H and O–H groups in total. The SMILES string of the molecule is COC(=O)c1cc(CCl)c(F)cc1C#N. The highest BCUT2D eigenvalue weighted by molar-refractivity contribution is 6.17. The molecule has 0 bridgehead atoms. The van der Waals surface area contributed by atoms with E-state index < -0.39 is 11.8 Å². The number of halogens is 2. The van der Waals surface area contributed by atoms with Crippen molar-refractivity contribution in [2.24, 2.45) is 0 Å². The summed E-state index contributed by atoms with van der Waals surface area (Å²) < 4.78 is 17.7. The van der Waals surface area contributed by atoms with Crippen LogP contribution >= 0.6 is 11.6 Å². The summed E-state index contributed by atoms with van der Waals surface area (Å²) in [6.07, 6.45) is 0. The Morgan fingerprint density at radius 2 is 2.33 bits per heavy atom. The van der Waals surface area contributed by atoms with E-state index in [4.69, 9.17) is 16.9 Å². The molecule has 3 nitrogen and oxygen atoms in total. The van der Waals surface area contributed by atoms with Crippen molar-refractivity contribution in [1.29, 1.82) is 5.26 Å². The van der Waals surface area contributed by atoms with Crippen LogP contribution in [0.25, 0.3) is 0 Å². The summed E-state index contributed by atoms with van der Waals surface area (Å²) in [5.74, 6) is -1.35. The lowest BCUT2D eigenvalue weighted by Gasteiger charge is -2.05.